The van der Waals surface area contributed by atoms with Gasteiger partial charge in [0.25, 0.3) is 0 Å². The summed E-state index contributed by atoms with van der Waals surface area (Å²) in [6, 6.07) is 8.88. The first kappa shape index (κ1) is 12.3. The fourth-order valence-corrected chi connectivity index (χ4v) is 2.54. The summed E-state index contributed by atoms with van der Waals surface area (Å²) < 4.78 is 0. The Morgan fingerprint density at radius 1 is 0.895 bits per heavy atom. The lowest BCUT2D eigenvalue weighted by Gasteiger charge is -2.14. The Morgan fingerprint density at radius 3 is 2.16 bits per heavy atom. The molecule has 2 aliphatic rings. The van der Waals surface area contributed by atoms with Crippen LogP contribution in [0.5, 0.6) is 0 Å². The number of amides is 2. The van der Waals surface area contributed by atoms with Gasteiger partial charge in [0.15, 0.2) is 0 Å². The molecule has 2 saturated carbocycles. The monoisotopic (exact) mass is 259 g/mol. The van der Waals surface area contributed by atoms with Crippen LogP contribution < -0.4 is 16.0 Å². The van der Waals surface area contributed by atoms with E-state index in [4.69, 9.17) is 0 Å². The number of urea groups is 1. The van der Waals surface area contributed by atoms with E-state index in [0.29, 0.717) is 12.1 Å². The van der Waals surface area contributed by atoms with Gasteiger partial charge in [-0.1, -0.05) is 12.8 Å². The fraction of sp³-hybridized carbons (Fsp3) is 0.533. The molecule has 4 nitrogen and oxygen atoms in total. The minimum Gasteiger partial charge on any atom is -0.382 e. The highest BCUT2D eigenvalue weighted by Gasteiger charge is 2.23. The topological polar surface area (TPSA) is 53.2 Å². The van der Waals surface area contributed by atoms with E-state index in [1.165, 1.54) is 25.7 Å². The van der Waals surface area contributed by atoms with Crippen LogP contribution in [0.25, 0.3) is 0 Å². The van der Waals surface area contributed by atoms with Crippen molar-refractivity contribution in [1.82, 2.24) is 5.32 Å². The number of nitrogens with one attached hydrogen (secondary N) is 3. The summed E-state index contributed by atoms with van der Waals surface area (Å²) in [5.41, 5.74) is 1.98. The predicted molar refractivity (Wildman–Crippen MR) is 77.5 cm³/mol. The molecule has 0 aromatic heterocycles. The van der Waals surface area contributed by atoms with Crippen LogP contribution in [0.1, 0.15) is 38.5 Å². The van der Waals surface area contributed by atoms with Gasteiger partial charge in [-0.25, -0.2) is 4.79 Å². The van der Waals surface area contributed by atoms with Crippen molar-refractivity contribution >= 4 is 17.4 Å². The van der Waals surface area contributed by atoms with Gasteiger partial charge >= 0.3 is 6.03 Å². The summed E-state index contributed by atoms with van der Waals surface area (Å²) in [7, 11) is 0. The van der Waals surface area contributed by atoms with Gasteiger partial charge in [-0.15, -0.1) is 0 Å². The normalized spacial score (nSPS) is 19.2. The molecule has 1 aromatic rings. The molecule has 0 bridgehead atoms. The highest BCUT2D eigenvalue weighted by Crippen LogP contribution is 2.23. The smallest absolute Gasteiger partial charge is 0.319 e. The molecular formula is C15H21N3O. The van der Waals surface area contributed by atoms with Crippen molar-refractivity contribution in [2.75, 3.05) is 10.6 Å². The van der Waals surface area contributed by atoms with Gasteiger partial charge in [0.2, 0.25) is 0 Å². The molecular weight excluding hydrogens is 238 g/mol. The number of carbonyl (C=O) groups excluding carboxylic acids is 1. The van der Waals surface area contributed by atoms with Gasteiger partial charge in [0.05, 0.1) is 0 Å². The first-order chi connectivity index (χ1) is 9.29. The number of benzene rings is 1. The minimum absolute atomic E-state index is 0.0981. The number of hydrogen-bond donors (Lipinski definition) is 3. The van der Waals surface area contributed by atoms with Crippen LogP contribution in [0.4, 0.5) is 16.2 Å². The number of anilines is 2. The summed E-state index contributed by atoms with van der Waals surface area (Å²) in [5.74, 6) is 0. The Kier molecular flexibility index (Phi) is 3.58. The van der Waals surface area contributed by atoms with E-state index >= 15 is 0 Å². The molecule has 19 heavy (non-hydrogen) atoms. The lowest BCUT2D eigenvalue weighted by atomic mass is 10.2. The Bertz CT molecular complexity index is 433. The summed E-state index contributed by atoms with van der Waals surface area (Å²) >= 11 is 0. The third-order valence-corrected chi connectivity index (χ3v) is 3.78. The number of hydrogen-bond acceptors (Lipinski definition) is 2. The van der Waals surface area contributed by atoms with E-state index in [1.54, 1.807) is 0 Å². The maximum Gasteiger partial charge on any atom is 0.319 e. The average molecular weight is 259 g/mol. The Morgan fingerprint density at radius 2 is 1.53 bits per heavy atom. The van der Waals surface area contributed by atoms with Gasteiger partial charge in [0.1, 0.15) is 0 Å². The summed E-state index contributed by atoms with van der Waals surface area (Å²) in [4.78, 5) is 11.6. The standard InChI is InChI=1S/C15H21N3O/c19-15(18-14-9-10-14)17-13-7-5-12(6-8-13)16-11-3-1-2-4-11/h5-8,11,14,16H,1-4,9-10H2,(H2,17,18,19). The zero-order valence-corrected chi connectivity index (χ0v) is 11.1. The second kappa shape index (κ2) is 5.51. The van der Waals surface area contributed by atoms with E-state index in [0.717, 1.165) is 24.2 Å². The van der Waals surface area contributed by atoms with Crippen molar-refractivity contribution < 1.29 is 4.79 Å². The van der Waals surface area contributed by atoms with E-state index in [9.17, 15) is 4.79 Å². The van der Waals surface area contributed by atoms with Crippen LogP contribution in [-0.2, 0) is 0 Å². The van der Waals surface area contributed by atoms with E-state index in [2.05, 4.69) is 16.0 Å². The van der Waals surface area contributed by atoms with Crippen molar-refractivity contribution in [2.24, 2.45) is 0 Å². The highest BCUT2D eigenvalue weighted by atomic mass is 16.2. The zero-order chi connectivity index (χ0) is 13.1. The lowest BCUT2D eigenvalue weighted by molar-refractivity contribution is 0.251. The van der Waals surface area contributed by atoms with Crippen molar-refractivity contribution in [3.05, 3.63) is 24.3 Å². The van der Waals surface area contributed by atoms with Crippen molar-refractivity contribution in [3.8, 4) is 0 Å². The van der Waals surface area contributed by atoms with Crippen molar-refractivity contribution in [2.45, 2.75) is 50.6 Å². The summed E-state index contributed by atoms with van der Waals surface area (Å²) in [6.45, 7) is 0. The molecule has 4 heteroatoms. The minimum atomic E-state index is -0.0981. The molecule has 0 saturated heterocycles. The van der Waals surface area contributed by atoms with E-state index in [-0.39, 0.29) is 6.03 Å². The van der Waals surface area contributed by atoms with Gasteiger partial charge in [0, 0.05) is 23.5 Å². The second-order valence-corrected chi connectivity index (χ2v) is 5.58. The van der Waals surface area contributed by atoms with Crippen molar-refractivity contribution in [3.63, 3.8) is 0 Å². The zero-order valence-electron chi connectivity index (χ0n) is 11.1. The molecule has 102 valence electrons. The molecule has 3 rings (SSSR count). The quantitative estimate of drug-likeness (QED) is 0.777. The first-order valence-corrected chi connectivity index (χ1v) is 7.24. The fourth-order valence-electron chi connectivity index (χ4n) is 2.54. The van der Waals surface area contributed by atoms with Crippen LogP contribution in [-0.4, -0.2) is 18.1 Å². The maximum absolute atomic E-state index is 11.6. The van der Waals surface area contributed by atoms with E-state index in [1.807, 2.05) is 24.3 Å². The summed E-state index contributed by atoms with van der Waals surface area (Å²) in [5, 5.41) is 9.30. The van der Waals surface area contributed by atoms with Crippen LogP contribution in [0.3, 0.4) is 0 Å². The molecule has 3 N–H and O–H groups in total. The SMILES string of the molecule is O=C(Nc1ccc(NC2CCCC2)cc1)NC1CC1. The van der Waals surface area contributed by atoms with Crippen molar-refractivity contribution in [1.29, 1.82) is 0 Å². The molecule has 2 amide bonds. The van der Waals surface area contributed by atoms with Gasteiger partial charge in [-0.05, 0) is 49.9 Å². The number of carbonyl (C=O) groups is 1. The molecule has 0 unspecified atom stereocenters. The predicted octanol–water partition coefficient (Wildman–Crippen LogP) is 3.33. The van der Waals surface area contributed by atoms with Gasteiger partial charge in [-0.2, -0.15) is 0 Å². The van der Waals surface area contributed by atoms with E-state index < -0.39 is 0 Å². The van der Waals surface area contributed by atoms with Gasteiger partial charge in [-0.3, -0.25) is 0 Å². The molecule has 0 aliphatic heterocycles. The molecule has 0 radical (unpaired) electrons. The second-order valence-electron chi connectivity index (χ2n) is 5.58. The lowest BCUT2D eigenvalue weighted by Crippen LogP contribution is -2.30. The third kappa shape index (κ3) is 3.63. The average Bonchev–Trinajstić information content (AvgIpc) is 3.05. The Labute approximate surface area is 114 Å². The van der Waals surface area contributed by atoms with Crippen LogP contribution in [0.2, 0.25) is 0 Å². The number of rotatable bonds is 4. The summed E-state index contributed by atoms with van der Waals surface area (Å²) in [6.07, 6.45) is 7.42. The molecule has 0 heterocycles. The third-order valence-electron chi connectivity index (χ3n) is 3.78. The molecule has 2 fully saturated rings. The Hall–Kier alpha value is -1.71. The van der Waals surface area contributed by atoms with Crippen LogP contribution in [0.15, 0.2) is 24.3 Å². The molecule has 0 spiro atoms. The molecule has 2 aliphatic carbocycles. The largest absolute Gasteiger partial charge is 0.382 e. The highest BCUT2D eigenvalue weighted by molar-refractivity contribution is 5.89. The Balaban J connectivity index is 1.50. The van der Waals surface area contributed by atoms with Crippen LogP contribution in [0, 0.1) is 0 Å². The maximum atomic E-state index is 11.6. The first-order valence-electron chi connectivity index (χ1n) is 7.24. The molecule has 1 aromatic carbocycles. The van der Waals surface area contributed by atoms with Gasteiger partial charge < -0.3 is 16.0 Å². The van der Waals surface area contributed by atoms with Crippen LogP contribution >= 0.6 is 0 Å². The molecule has 0 atom stereocenters.